The number of carbonyl (C=O) groups is 1. The van der Waals surface area contributed by atoms with Crippen LogP contribution in [0.15, 0.2) is 54.6 Å². The topological polar surface area (TPSA) is 50.8 Å². The number of likely N-dealkylation sites (N-methyl/N-ethyl adjacent to an activating group) is 1. The maximum absolute atomic E-state index is 12.1. The van der Waals surface area contributed by atoms with E-state index >= 15 is 0 Å². The summed E-state index contributed by atoms with van der Waals surface area (Å²) in [6.07, 6.45) is 0.883. The van der Waals surface area contributed by atoms with Gasteiger partial charge in [-0.3, -0.25) is 4.79 Å². The lowest BCUT2D eigenvalue weighted by atomic mass is 10.1. The molecule has 0 fully saturated rings. The molecule has 1 amide bonds. The Morgan fingerprint density at radius 3 is 2.19 bits per heavy atom. The summed E-state index contributed by atoms with van der Waals surface area (Å²) in [4.78, 5) is 14.2. The second-order valence-electron chi connectivity index (χ2n) is 6.30. The van der Waals surface area contributed by atoms with Gasteiger partial charge in [0, 0.05) is 12.6 Å². The lowest BCUT2D eigenvalue weighted by Gasteiger charge is -2.24. The number of amides is 1. The Morgan fingerprint density at radius 2 is 1.62 bits per heavy atom. The highest BCUT2D eigenvalue weighted by Gasteiger charge is 2.14. The molecule has 1 unspecified atom stereocenters. The lowest BCUT2D eigenvalue weighted by Crippen LogP contribution is -2.42. The monoisotopic (exact) mass is 356 g/mol. The standard InChI is InChI=1S/C21H28N2O3/c1-4-25-19-10-12-20(13-11-19)26-16-21(24)22-15-18(23(2)3)14-17-8-6-5-7-9-17/h5-13,18H,4,14-16H2,1-3H3,(H,22,24). The minimum atomic E-state index is -0.126. The van der Waals surface area contributed by atoms with Gasteiger partial charge in [0.2, 0.25) is 0 Å². The van der Waals surface area contributed by atoms with E-state index < -0.39 is 0 Å². The molecular formula is C21H28N2O3. The van der Waals surface area contributed by atoms with Gasteiger partial charge in [0.05, 0.1) is 6.61 Å². The van der Waals surface area contributed by atoms with E-state index in [0.717, 1.165) is 12.2 Å². The normalized spacial score (nSPS) is 11.8. The molecule has 0 aromatic heterocycles. The SMILES string of the molecule is CCOc1ccc(OCC(=O)NCC(Cc2ccccc2)N(C)C)cc1. The Balaban J connectivity index is 1.77. The second-order valence-corrected chi connectivity index (χ2v) is 6.30. The average molecular weight is 356 g/mol. The van der Waals surface area contributed by atoms with E-state index in [0.29, 0.717) is 18.9 Å². The maximum Gasteiger partial charge on any atom is 0.257 e. The van der Waals surface area contributed by atoms with E-state index in [1.807, 2.05) is 51.4 Å². The maximum atomic E-state index is 12.1. The van der Waals surface area contributed by atoms with Crippen LogP contribution in [-0.2, 0) is 11.2 Å². The third-order valence-electron chi connectivity index (χ3n) is 4.08. The van der Waals surface area contributed by atoms with Crippen LogP contribution in [0.4, 0.5) is 0 Å². The fourth-order valence-corrected chi connectivity index (χ4v) is 2.55. The molecular weight excluding hydrogens is 328 g/mol. The summed E-state index contributed by atoms with van der Waals surface area (Å²) in [5, 5.41) is 2.96. The minimum Gasteiger partial charge on any atom is -0.494 e. The highest BCUT2D eigenvalue weighted by molar-refractivity contribution is 5.77. The summed E-state index contributed by atoms with van der Waals surface area (Å²) in [6.45, 7) is 3.14. The Labute approximate surface area is 155 Å². The molecule has 0 aliphatic rings. The van der Waals surface area contributed by atoms with Crippen LogP contribution < -0.4 is 14.8 Å². The summed E-state index contributed by atoms with van der Waals surface area (Å²) in [7, 11) is 4.05. The van der Waals surface area contributed by atoms with Gasteiger partial charge in [-0.25, -0.2) is 0 Å². The van der Waals surface area contributed by atoms with Crippen LogP contribution in [0.2, 0.25) is 0 Å². The highest BCUT2D eigenvalue weighted by atomic mass is 16.5. The average Bonchev–Trinajstić information content (AvgIpc) is 2.65. The van der Waals surface area contributed by atoms with Crippen molar-refractivity contribution in [3.8, 4) is 11.5 Å². The molecule has 2 aromatic rings. The van der Waals surface area contributed by atoms with Crippen molar-refractivity contribution < 1.29 is 14.3 Å². The van der Waals surface area contributed by atoms with Gasteiger partial charge in [-0.2, -0.15) is 0 Å². The summed E-state index contributed by atoms with van der Waals surface area (Å²) < 4.78 is 10.9. The fourth-order valence-electron chi connectivity index (χ4n) is 2.55. The van der Waals surface area contributed by atoms with Crippen molar-refractivity contribution in [3.05, 3.63) is 60.2 Å². The molecule has 0 heterocycles. The molecule has 0 aliphatic carbocycles. The first-order chi connectivity index (χ1) is 12.6. The zero-order valence-electron chi connectivity index (χ0n) is 15.8. The first-order valence-corrected chi connectivity index (χ1v) is 8.91. The van der Waals surface area contributed by atoms with Crippen LogP contribution in [0.3, 0.4) is 0 Å². The largest absolute Gasteiger partial charge is 0.494 e. The molecule has 1 atom stereocenters. The predicted octanol–water partition coefficient (Wildman–Crippen LogP) is 2.75. The van der Waals surface area contributed by atoms with Gasteiger partial charge < -0.3 is 19.7 Å². The number of benzene rings is 2. The molecule has 0 bridgehead atoms. The molecule has 26 heavy (non-hydrogen) atoms. The van der Waals surface area contributed by atoms with Gasteiger partial charge in [-0.05, 0) is 57.3 Å². The van der Waals surface area contributed by atoms with E-state index in [-0.39, 0.29) is 18.6 Å². The number of nitrogens with one attached hydrogen (secondary N) is 1. The van der Waals surface area contributed by atoms with Gasteiger partial charge in [0.15, 0.2) is 6.61 Å². The molecule has 5 heteroatoms. The van der Waals surface area contributed by atoms with Crippen LogP contribution in [-0.4, -0.2) is 50.7 Å². The van der Waals surface area contributed by atoms with E-state index in [2.05, 4.69) is 22.3 Å². The summed E-state index contributed by atoms with van der Waals surface area (Å²) in [5.74, 6) is 1.31. The zero-order valence-corrected chi connectivity index (χ0v) is 15.8. The van der Waals surface area contributed by atoms with Crippen molar-refractivity contribution in [3.63, 3.8) is 0 Å². The number of nitrogens with zero attached hydrogens (tertiary/aromatic N) is 1. The fraction of sp³-hybridized carbons (Fsp3) is 0.381. The highest BCUT2D eigenvalue weighted by Crippen LogP contribution is 2.17. The quantitative estimate of drug-likeness (QED) is 0.711. The smallest absolute Gasteiger partial charge is 0.257 e. The summed E-state index contributed by atoms with van der Waals surface area (Å²) >= 11 is 0. The number of hydrogen-bond acceptors (Lipinski definition) is 4. The van der Waals surface area contributed by atoms with E-state index in [9.17, 15) is 4.79 Å². The zero-order chi connectivity index (χ0) is 18.8. The van der Waals surface area contributed by atoms with Crippen LogP contribution in [0.1, 0.15) is 12.5 Å². The first-order valence-electron chi connectivity index (χ1n) is 8.91. The lowest BCUT2D eigenvalue weighted by molar-refractivity contribution is -0.123. The minimum absolute atomic E-state index is 0.000529. The van der Waals surface area contributed by atoms with Gasteiger partial charge in [-0.1, -0.05) is 30.3 Å². The molecule has 2 rings (SSSR count). The van der Waals surface area contributed by atoms with Crippen LogP contribution in [0.5, 0.6) is 11.5 Å². The predicted molar refractivity (Wildman–Crippen MR) is 104 cm³/mol. The second kappa shape index (κ2) is 10.5. The molecule has 0 saturated heterocycles. The summed E-state index contributed by atoms with van der Waals surface area (Å²) in [5.41, 5.74) is 1.26. The van der Waals surface area contributed by atoms with Crippen LogP contribution in [0.25, 0.3) is 0 Å². The van der Waals surface area contributed by atoms with Gasteiger partial charge >= 0.3 is 0 Å². The van der Waals surface area contributed by atoms with Crippen LogP contribution >= 0.6 is 0 Å². The van der Waals surface area contributed by atoms with Crippen molar-refractivity contribution in [1.82, 2.24) is 10.2 Å². The Kier molecular flexibility index (Phi) is 7.96. The molecule has 0 aliphatic heterocycles. The summed E-state index contributed by atoms with van der Waals surface area (Å²) in [6, 6.07) is 17.8. The molecule has 5 nitrogen and oxygen atoms in total. The molecule has 0 saturated carbocycles. The van der Waals surface area contributed by atoms with Gasteiger partial charge in [-0.15, -0.1) is 0 Å². The number of ether oxygens (including phenoxy) is 2. The van der Waals surface area contributed by atoms with Crippen molar-refractivity contribution in [2.24, 2.45) is 0 Å². The Hall–Kier alpha value is -2.53. The van der Waals surface area contributed by atoms with Crippen molar-refractivity contribution in [1.29, 1.82) is 0 Å². The van der Waals surface area contributed by atoms with Crippen molar-refractivity contribution in [2.45, 2.75) is 19.4 Å². The first kappa shape index (κ1) is 19.8. The molecule has 1 N–H and O–H groups in total. The number of rotatable bonds is 10. The van der Waals surface area contributed by atoms with Gasteiger partial charge in [0.1, 0.15) is 11.5 Å². The van der Waals surface area contributed by atoms with Crippen LogP contribution in [0, 0.1) is 0 Å². The third kappa shape index (κ3) is 6.76. The Bertz CT molecular complexity index is 657. The van der Waals surface area contributed by atoms with E-state index in [1.54, 1.807) is 12.1 Å². The van der Waals surface area contributed by atoms with E-state index in [4.69, 9.17) is 9.47 Å². The molecule has 2 aromatic carbocycles. The number of carbonyl (C=O) groups excluding carboxylic acids is 1. The third-order valence-corrected chi connectivity index (χ3v) is 4.08. The molecule has 0 spiro atoms. The Morgan fingerprint density at radius 1 is 1.00 bits per heavy atom. The van der Waals surface area contributed by atoms with E-state index in [1.165, 1.54) is 5.56 Å². The van der Waals surface area contributed by atoms with Gasteiger partial charge in [0.25, 0.3) is 5.91 Å². The number of hydrogen-bond donors (Lipinski definition) is 1. The molecule has 140 valence electrons. The van der Waals surface area contributed by atoms with Crippen molar-refractivity contribution in [2.75, 3.05) is 33.9 Å². The molecule has 0 radical (unpaired) electrons. The van der Waals surface area contributed by atoms with Crippen molar-refractivity contribution >= 4 is 5.91 Å².